The average Bonchev–Trinajstić information content (AvgIpc) is 2.67. The van der Waals surface area contributed by atoms with Gasteiger partial charge >= 0.3 is 0 Å². The van der Waals surface area contributed by atoms with Gasteiger partial charge in [-0.15, -0.1) is 0 Å². The van der Waals surface area contributed by atoms with Gasteiger partial charge in [-0.1, -0.05) is 31.0 Å². The normalized spacial score (nSPS) is 24.5. The summed E-state index contributed by atoms with van der Waals surface area (Å²) >= 11 is 0. The van der Waals surface area contributed by atoms with E-state index in [0.717, 1.165) is 43.7 Å². The minimum absolute atomic E-state index is 0.0136. The van der Waals surface area contributed by atoms with E-state index in [1.807, 2.05) is 18.2 Å². The molecule has 1 unspecified atom stereocenters. The predicted octanol–water partition coefficient (Wildman–Crippen LogP) is 1.84. The van der Waals surface area contributed by atoms with Crippen LogP contribution in [0.4, 0.5) is 0 Å². The van der Waals surface area contributed by atoms with Crippen LogP contribution in [0.1, 0.15) is 50.1 Å². The molecule has 3 N–H and O–H groups in total. The Morgan fingerprint density at radius 1 is 1.21 bits per heavy atom. The van der Waals surface area contributed by atoms with Gasteiger partial charge < -0.3 is 20.5 Å². The maximum absolute atomic E-state index is 13.2. The van der Waals surface area contributed by atoms with Crippen molar-refractivity contribution < 1.29 is 14.6 Å². The minimum Gasteiger partial charge on any atom is -0.496 e. The molecule has 1 aliphatic carbocycles. The largest absolute Gasteiger partial charge is 0.496 e. The van der Waals surface area contributed by atoms with Gasteiger partial charge in [0.25, 0.3) is 0 Å². The molecule has 0 spiro atoms. The Kier molecular flexibility index (Phi) is 5.63. The summed E-state index contributed by atoms with van der Waals surface area (Å²) in [5.41, 5.74) is -0.384. The van der Waals surface area contributed by atoms with E-state index in [1.165, 1.54) is 19.3 Å². The number of aliphatic hydroxyl groups is 1. The number of likely N-dealkylation sites (tertiary alicyclic amines) is 1. The van der Waals surface area contributed by atoms with Crippen LogP contribution in [0.3, 0.4) is 0 Å². The minimum atomic E-state index is -0.889. The Labute approximate surface area is 167 Å². The van der Waals surface area contributed by atoms with Crippen LogP contribution in [0.15, 0.2) is 24.3 Å². The number of para-hydroxylation sites is 1. The zero-order chi connectivity index (χ0) is 19.6. The van der Waals surface area contributed by atoms with Crippen LogP contribution in [0.5, 0.6) is 5.75 Å². The van der Waals surface area contributed by atoms with Gasteiger partial charge in [0.15, 0.2) is 0 Å². The maximum atomic E-state index is 13.2. The molecule has 154 valence electrons. The molecule has 28 heavy (non-hydrogen) atoms. The first-order valence-electron chi connectivity index (χ1n) is 10.7. The SMILES string of the molecule is COc1ccccc1C(CNC(=O)C1(C2(O)CNC2)CCC1)N1CCCCC1. The molecule has 3 aliphatic rings. The van der Waals surface area contributed by atoms with Crippen molar-refractivity contribution in [2.75, 3.05) is 39.8 Å². The summed E-state index contributed by atoms with van der Waals surface area (Å²) < 4.78 is 5.62. The fourth-order valence-corrected chi connectivity index (χ4v) is 5.10. The lowest BCUT2D eigenvalue weighted by Crippen LogP contribution is -2.74. The molecule has 3 fully saturated rings. The van der Waals surface area contributed by atoms with E-state index in [4.69, 9.17) is 4.74 Å². The molecule has 2 heterocycles. The van der Waals surface area contributed by atoms with Crippen molar-refractivity contribution in [1.29, 1.82) is 0 Å². The van der Waals surface area contributed by atoms with Gasteiger partial charge in [0, 0.05) is 25.2 Å². The number of methoxy groups -OCH3 is 1. The van der Waals surface area contributed by atoms with Crippen LogP contribution in [-0.2, 0) is 4.79 Å². The number of benzene rings is 1. The third-order valence-corrected chi connectivity index (χ3v) is 7.15. The fourth-order valence-electron chi connectivity index (χ4n) is 5.10. The van der Waals surface area contributed by atoms with Crippen LogP contribution in [0, 0.1) is 5.41 Å². The van der Waals surface area contributed by atoms with Gasteiger partial charge in [0.05, 0.1) is 18.6 Å². The second kappa shape index (κ2) is 8.01. The highest BCUT2D eigenvalue weighted by atomic mass is 16.5. The first-order valence-corrected chi connectivity index (χ1v) is 10.7. The number of piperidine rings is 1. The average molecular weight is 388 g/mol. The molecule has 2 aliphatic heterocycles. The number of hydrogen-bond donors (Lipinski definition) is 3. The Bertz CT molecular complexity index is 694. The summed E-state index contributed by atoms with van der Waals surface area (Å²) in [6.07, 6.45) is 6.21. The molecule has 6 nitrogen and oxygen atoms in total. The van der Waals surface area contributed by atoms with E-state index in [-0.39, 0.29) is 11.9 Å². The Morgan fingerprint density at radius 2 is 1.93 bits per heavy atom. The van der Waals surface area contributed by atoms with Gasteiger partial charge in [-0.25, -0.2) is 0 Å². The van der Waals surface area contributed by atoms with Crippen molar-refractivity contribution in [2.24, 2.45) is 5.41 Å². The third kappa shape index (κ3) is 3.31. The standard InChI is InChI=1S/C22H33N3O3/c1-28-19-9-4-3-8-17(19)18(25-12-5-2-6-13-25)14-24-20(26)21(10-7-11-21)22(27)15-23-16-22/h3-4,8-9,18,23,27H,2,5-7,10-16H2,1H3,(H,24,26). The van der Waals surface area contributed by atoms with Gasteiger partial charge in [0.2, 0.25) is 5.91 Å². The van der Waals surface area contributed by atoms with Crippen molar-refractivity contribution in [3.8, 4) is 5.75 Å². The van der Waals surface area contributed by atoms with Crippen LogP contribution in [0.25, 0.3) is 0 Å². The number of ether oxygens (including phenoxy) is 1. The predicted molar refractivity (Wildman–Crippen MR) is 108 cm³/mol. The second-order valence-corrected chi connectivity index (χ2v) is 8.64. The van der Waals surface area contributed by atoms with Crippen LogP contribution >= 0.6 is 0 Å². The summed E-state index contributed by atoms with van der Waals surface area (Å²) in [5, 5.41) is 17.3. The van der Waals surface area contributed by atoms with Crippen LogP contribution in [0.2, 0.25) is 0 Å². The molecule has 6 heteroatoms. The molecule has 1 atom stereocenters. The molecular weight excluding hydrogens is 354 g/mol. The molecule has 0 aromatic heterocycles. The summed E-state index contributed by atoms with van der Waals surface area (Å²) in [6.45, 7) is 3.66. The molecule has 4 rings (SSSR count). The number of β-amino-alcohol motifs (C(OH)–C–C–N with tert-alkyl or cyclic N) is 1. The van der Waals surface area contributed by atoms with Crippen molar-refractivity contribution >= 4 is 5.91 Å². The fraction of sp³-hybridized carbons (Fsp3) is 0.682. The van der Waals surface area contributed by atoms with Crippen molar-refractivity contribution in [1.82, 2.24) is 15.5 Å². The highest BCUT2D eigenvalue weighted by Gasteiger charge is 2.61. The number of rotatable bonds is 7. The van der Waals surface area contributed by atoms with Crippen LogP contribution in [-0.4, -0.2) is 61.3 Å². The number of carbonyl (C=O) groups is 1. The zero-order valence-corrected chi connectivity index (χ0v) is 16.9. The highest BCUT2D eigenvalue weighted by molar-refractivity contribution is 5.85. The number of nitrogens with zero attached hydrogens (tertiary/aromatic N) is 1. The molecule has 2 saturated heterocycles. The lowest BCUT2D eigenvalue weighted by molar-refractivity contribution is -0.178. The zero-order valence-electron chi connectivity index (χ0n) is 16.9. The quantitative estimate of drug-likeness (QED) is 0.666. The number of carbonyl (C=O) groups excluding carboxylic acids is 1. The van der Waals surface area contributed by atoms with Crippen molar-refractivity contribution in [3.63, 3.8) is 0 Å². The highest BCUT2D eigenvalue weighted by Crippen LogP contribution is 2.51. The van der Waals surface area contributed by atoms with E-state index in [9.17, 15) is 9.90 Å². The number of nitrogens with one attached hydrogen (secondary N) is 2. The monoisotopic (exact) mass is 387 g/mol. The molecular formula is C22H33N3O3. The number of amides is 1. The summed E-state index contributed by atoms with van der Waals surface area (Å²) in [7, 11) is 1.70. The third-order valence-electron chi connectivity index (χ3n) is 7.15. The lowest BCUT2D eigenvalue weighted by atomic mass is 9.56. The van der Waals surface area contributed by atoms with Crippen molar-refractivity contribution in [3.05, 3.63) is 29.8 Å². The first-order chi connectivity index (χ1) is 13.6. The molecule has 1 aromatic carbocycles. The Morgan fingerprint density at radius 3 is 2.50 bits per heavy atom. The molecule has 1 aromatic rings. The van der Waals surface area contributed by atoms with Crippen LogP contribution < -0.4 is 15.4 Å². The Hall–Kier alpha value is -1.63. The van der Waals surface area contributed by atoms with Gasteiger partial charge in [-0.05, 0) is 44.8 Å². The van der Waals surface area contributed by atoms with Gasteiger partial charge in [-0.2, -0.15) is 0 Å². The lowest BCUT2D eigenvalue weighted by Gasteiger charge is -2.56. The van der Waals surface area contributed by atoms with E-state index in [1.54, 1.807) is 7.11 Å². The summed E-state index contributed by atoms with van der Waals surface area (Å²) in [4.78, 5) is 15.7. The molecule has 0 bridgehead atoms. The summed E-state index contributed by atoms with van der Waals surface area (Å²) in [5.74, 6) is 0.882. The topological polar surface area (TPSA) is 73.8 Å². The van der Waals surface area contributed by atoms with E-state index >= 15 is 0 Å². The molecule has 0 radical (unpaired) electrons. The first kappa shape index (κ1) is 19.7. The smallest absolute Gasteiger partial charge is 0.229 e. The van der Waals surface area contributed by atoms with E-state index < -0.39 is 11.0 Å². The van der Waals surface area contributed by atoms with E-state index in [2.05, 4.69) is 21.6 Å². The second-order valence-electron chi connectivity index (χ2n) is 8.64. The Balaban J connectivity index is 1.52. The van der Waals surface area contributed by atoms with Crippen molar-refractivity contribution in [2.45, 2.75) is 50.2 Å². The number of hydrogen-bond acceptors (Lipinski definition) is 5. The summed E-state index contributed by atoms with van der Waals surface area (Å²) in [6, 6.07) is 8.20. The van der Waals surface area contributed by atoms with E-state index in [0.29, 0.717) is 19.6 Å². The maximum Gasteiger partial charge on any atom is 0.229 e. The van der Waals surface area contributed by atoms with Gasteiger partial charge in [-0.3, -0.25) is 9.69 Å². The van der Waals surface area contributed by atoms with Gasteiger partial charge in [0.1, 0.15) is 11.4 Å². The molecule has 1 saturated carbocycles. The molecule has 1 amide bonds.